The Morgan fingerprint density at radius 2 is 1.70 bits per heavy atom. The summed E-state index contributed by atoms with van der Waals surface area (Å²) in [6, 6.07) is 4.00. The van der Waals surface area contributed by atoms with Crippen LogP contribution in [-0.2, 0) is 30.8 Å². The lowest BCUT2D eigenvalue weighted by atomic mass is 9.35. The van der Waals surface area contributed by atoms with Gasteiger partial charge in [-0.2, -0.15) is 21.6 Å². The third-order valence-electron chi connectivity index (χ3n) is 12.3. The molecular formula is C31H39F3O8S. The van der Waals surface area contributed by atoms with E-state index in [4.69, 9.17) is 9.47 Å². The standard InChI is InChI=1S/C31H39F3O8S/c1-25(2)16-40-29(41-17-25)11-10-27-13-18-12-19(42-43(38,39)31(32,33)34)4-5-20(18)23-14-26(3)21(6-7-24(26)35)22(30(23,27)37)8-9-28(27,36)15-29/h4-5,12,21-23,36-37H,6-11,13-17H2,1-3H3/t21-,22-,23?,26-,27+,28+,30-/m0/s1. The predicted octanol–water partition coefficient (Wildman–Crippen LogP) is 4.76. The first-order chi connectivity index (χ1) is 19.8. The Morgan fingerprint density at radius 1 is 1.00 bits per heavy atom. The number of alkyl halides is 3. The van der Waals surface area contributed by atoms with E-state index in [1.807, 2.05) is 20.8 Å². The van der Waals surface area contributed by atoms with E-state index >= 15 is 0 Å². The summed E-state index contributed by atoms with van der Waals surface area (Å²) < 4.78 is 80.3. The van der Waals surface area contributed by atoms with Crippen LogP contribution in [0.15, 0.2) is 18.2 Å². The highest BCUT2D eigenvalue weighted by atomic mass is 32.2. The molecule has 0 bridgehead atoms. The number of benzene rings is 1. The fourth-order valence-electron chi connectivity index (χ4n) is 10.2. The SMILES string of the molecule is CC1(C)COC2(CC[C@@]34Cc5cc(OS(=O)(=O)C(F)(F)F)ccc5C5C[C@]6(C)C(=O)CC[C@H]6[C@H](CC[C@@]3(O)C2)[C@]54O)OC1. The number of hydrogen-bond donors (Lipinski definition) is 2. The Morgan fingerprint density at radius 3 is 2.37 bits per heavy atom. The minimum absolute atomic E-state index is 0.0531. The normalized spacial score (nSPS) is 42.9. The maximum absolute atomic E-state index is 13.3. The molecule has 1 saturated heterocycles. The Kier molecular flexibility index (Phi) is 6.09. The third kappa shape index (κ3) is 3.88. The molecule has 5 aliphatic carbocycles. The van der Waals surface area contributed by atoms with Gasteiger partial charge in [0.25, 0.3) is 0 Å². The number of hydrogen-bond acceptors (Lipinski definition) is 8. The summed E-state index contributed by atoms with van der Waals surface area (Å²) in [5.74, 6) is -2.27. The number of carbonyl (C=O) groups is 1. The van der Waals surface area contributed by atoms with E-state index in [0.29, 0.717) is 69.3 Å². The van der Waals surface area contributed by atoms with Crippen LogP contribution >= 0.6 is 0 Å². The first-order valence-corrected chi connectivity index (χ1v) is 16.6. The van der Waals surface area contributed by atoms with Crippen LogP contribution in [0.4, 0.5) is 13.2 Å². The van der Waals surface area contributed by atoms with Crippen molar-refractivity contribution < 1.29 is 50.3 Å². The first kappa shape index (κ1) is 30.0. The summed E-state index contributed by atoms with van der Waals surface area (Å²) in [6.45, 7) is 6.94. The van der Waals surface area contributed by atoms with Crippen molar-refractivity contribution in [3.05, 3.63) is 29.3 Å². The van der Waals surface area contributed by atoms with Gasteiger partial charge in [-0.05, 0) is 73.6 Å². The lowest BCUT2D eigenvalue weighted by Gasteiger charge is -2.73. The zero-order chi connectivity index (χ0) is 31.1. The zero-order valence-electron chi connectivity index (χ0n) is 24.6. The molecule has 5 fully saturated rings. The number of ether oxygens (including phenoxy) is 2. The van der Waals surface area contributed by atoms with Crippen molar-refractivity contribution in [2.45, 2.75) is 107 Å². The van der Waals surface area contributed by atoms with E-state index in [1.165, 1.54) is 18.2 Å². The van der Waals surface area contributed by atoms with E-state index in [1.54, 1.807) is 0 Å². The summed E-state index contributed by atoms with van der Waals surface area (Å²) in [7, 11) is -5.90. The van der Waals surface area contributed by atoms with Crippen LogP contribution in [0.3, 0.4) is 0 Å². The highest BCUT2D eigenvalue weighted by Crippen LogP contribution is 2.75. The summed E-state index contributed by atoms with van der Waals surface area (Å²) in [4.78, 5) is 13.3. The number of fused-ring (bicyclic) bond motifs is 4. The fourth-order valence-corrected chi connectivity index (χ4v) is 10.7. The Labute approximate surface area is 249 Å². The summed E-state index contributed by atoms with van der Waals surface area (Å²) in [5, 5.41) is 25.9. The minimum atomic E-state index is -5.90. The molecule has 7 rings (SSSR count). The van der Waals surface area contributed by atoms with Gasteiger partial charge in [0, 0.05) is 41.4 Å². The lowest BCUT2D eigenvalue weighted by molar-refractivity contribution is -0.377. The van der Waals surface area contributed by atoms with Crippen LogP contribution in [0.1, 0.15) is 89.2 Å². The predicted molar refractivity (Wildman–Crippen MR) is 146 cm³/mol. The van der Waals surface area contributed by atoms with Gasteiger partial charge in [-0.3, -0.25) is 4.79 Å². The molecule has 6 aliphatic rings. The highest BCUT2D eigenvalue weighted by Gasteiger charge is 2.78. The topological polar surface area (TPSA) is 119 Å². The molecule has 238 valence electrons. The minimum Gasteiger partial charge on any atom is -0.389 e. The molecule has 0 amide bonds. The summed E-state index contributed by atoms with van der Waals surface area (Å²) in [6.07, 6.45) is 3.27. The molecule has 1 aromatic carbocycles. The summed E-state index contributed by atoms with van der Waals surface area (Å²) in [5.41, 5.74) is -9.27. The van der Waals surface area contributed by atoms with E-state index < -0.39 is 55.1 Å². The molecule has 43 heavy (non-hydrogen) atoms. The molecule has 0 radical (unpaired) electrons. The molecule has 1 aromatic rings. The molecule has 1 aliphatic heterocycles. The smallest absolute Gasteiger partial charge is 0.389 e. The largest absolute Gasteiger partial charge is 0.534 e. The second-order valence-corrected chi connectivity index (χ2v) is 16.7. The van der Waals surface area contributed by atoms with Crippen molar-refractivity contribution >= 4 is 15.9 Å². The average Bonchev–Trinajstić information content (AvgIpc) is 3.19. The number of rotatable bonds is 2. The number of carbonyl (C=O) groups excluding carboxylic acids is 1. The summed E-state index contributed by atoms with van der Waals surface area (Å²) >= 11 is 0. The molecule has 12 heteroatoms. The van der Waals surface area contributed by atoms with Gasteiger partial charge in [0.15, 0.2) is 5.79 Å². The molecule has 4 saturated carbocycles. The maximum Gasteiger partial charge on any atom is 0.534 e. The molecule has 2 spiro atoms. The Hall–Kier alpha value is -1.73. The fraction of sp³-hybridized carbons (Fsp3) is 0.774. The van der Waals surface area contributed by atoms with Crippen LogP contribution in [0.2, 0.25) is 0 Å². The van der Waals surface area contributed by atoms with Crippen LogP contribution in [-0.4, -0.2) is 60.1 Å². The highest BCUT2D eigenvalue weighted by molar-refractivity contribution is 7.88. The molecule has 0 aromatic heterocycles. The van der Waals surface area contributed by atoms with Gasteiger partial charge in [-0.25, -0.2) is 0 Å². The quantitative estimate of drug-likeness (QED) is 0.356. The zero-order valence-corrected chi connectivity index (χ0v) is 25.4. The maximum atomic E-state index is 13.3. The lowest BCUT2D eigenvalue weighted by Crippen LogP contribution is -2.78. The second kappa shape index (κ2) is 8.74. The van der Waals surface area contributed by atoms with Crippen molar-refractivity contribution in [3.8, 4) is 5.75 Å². The number of halogens is 3. The van der Waals surface area contributed by atoms with Gasteiger partial charge >= 0.3 is 15.6 Å². The molecule has 7 atom stereocenters. The van der Waals surface area contributed by atoms with Crippen LogP contribution in [0.5, 0.6) is 5.75 Å². The number of ketones is 1. The molecule has 1 unspecified atom stereocenters. The van der Waals surface area contributed by atoms with Crippen molar-refractivity contribution in [1.29, 1.82) is 0 Å². The Bertz CT molecular complexity index is 1480. The van der Waals surface area contributed by atoms with Gasteiger partial charge in [-0.15, -0.1) is 0 Å². The van der Waals surface area contributed by atoms with E-state index in [-0.39, 0.29) is 35.9 Å². The molecular weight excluding hydrogens is 589 g/mol. The second-order valence-electron chi connectivity index (χ2n) is 15.2. The van der Waals surface area contributed by atoms with Gasteiger partial charge in [0.05, 0.1) is 24.4 Å². The van der Waals surface area contributed by atoms with Crippen molar-refractivity contribution in [2.75, 3.05) is 13.2 Å². The van der Waals surface area contributed by atoms with Crippen LogP contribution < -0.4 is 4.18 Å². The Balaban J connectivity index is 1.36. The van der Waals surface area contributed by atoms with Gasteiger partial charge in [-0.1, -0.05) is 26.8 Å². The third-order valence-corrected chi connectivity index (χ3v) is 13.3. The molecule has 1 heterocycles. The monoisotopic (exact) mass is 628 g/mol. The van der Waals surface area contributed by atoms with E-state index in [9.17, 15) is 36.6 Å². The van der Waals surface area contributed by atoms with Crippen molar-refractivity contribution in [2.24, 2.45) is 28.1 Å². The number of aliphatic hydroxyl groups is 2. The van der Waals surface area contributed by atoms with E-state index in [2.05, 4.69) is 4.18 Å². The van der Waals surface area contributed by atoms with Crippen LogP contribution in [0, 0.1) is 28.1 Å². The molecule has 2 N–H and O–H groups in total. The van der Waals surface area contributed by atoms with Gasteiger partial charge in [0.2, 0.25) is 0 Å². The number of Topliss-reactive ketones (excluding diaryl/α,β-unsaturated/α-hetero) is 1. The van der Waals surface area contributed by atoms with Crippen molar-refractivity contribution in [3.63, 3.8) is 0 Å². The van der Waals surface area contributed by atoms with Crippen LogP contribution in [0.25, 0.3) is 0 Å². The van der Waals surface area contributed by atoms with E-state index in [0.717, 1.165) is 0 Å². The van der Waals surface area contributed by atoms with Gasteiger partial charge < -0.3 is 23.9 Å². The average molecular weight is 629 g/mol. The van der Waals surface area contributed by atoms with Gasteiger partial charge in [0.1, 0.15) is 11.5 Å². The first-order valence-electron chi connectivity index (χ1n) is 15.2. The molecule has 8 nitrogen and oxygen atoms in total. The van der Waals surface area contributed by atoms with Crippen molar-refractivity contribution in [1.82, 2.24) is 0 Å².